The number of unbranched alkanes of at least 4 members (excludes halogenated alkanes) is 48. The number of Topliss-reactive ketones (excluding diaryl/α,β-unsaturated/α-hetero) is 2. The molecule has 0 heterocycles. The van der Waals surface area contributed by atoms with Gasteiger partial charge in [-0.1, -0.05) is 329 Å². The van der Waals surface area contributed by atoms with Crippen LogP contribution in [0.2, 0.25) is 0 Å². The predicted molar refractivity (Wildman–Crippen MR) is 298 cm³/mol. The molecule has 0 aliphatic heterocycles. The number of hydrogen-bond donors (Lipinski definition) is 2. The SMILES string of the molecule is CCCCCCCCCCCCCCCCCCCC(=O)OC(C(=O)CCCCCCCCCCCCCCCCCCC)(C(=O)CCCCCCCCCCCCCCCCCCC)C(O)CO. The van der Waals surface area contributed by atoms with E-state index in [1.165, 1.54) is 250 Å². The zero-order valence-electron chi connectivity index (χ0n) is 47.0. The molecule has 0 rings (SSSR count). The molecule has 0 radical (unpaired) electrons. The number of aliphatic hydroxyl groups excluding tert-OH is 2. The van der Waals surface area contributed by atoms with E-state index in [1.54, 1.807) is 0 Å². The van der Waals surface area contributed by atoms with Crippen LogP contribution in [0.1, 0.15) is 367 Å². The van der Waals surface area contributed by atoms with E-state index in [0.717, 1.165) is 57.8 Å². The molecular formula is C63H122O6. The highest BCUT2D eigenvalue weighted by atomic mass is 16.6. The molecule has 0 aliphatic carbocycles. The number of carbonyl (C=O) groups is 3. The summed E-state index contributed by atoms with van der Waals surface area (Å²) in [6.45, 7) is 6.02. The van der Waals surface area contributed by atoms with Crippen molar-refractivity contribution in [3.63, 3.8) is 0 Å². The van der Waals surface area contributed by atoms with Gasteiger partial charge in [-0.2, -0.15) is 0 Å². The van der Waals surface area contributed by atoms with Crippen LogP contribution in [-0.2, 0) is 19.1 Å². The normalized spacial score (nSPS) is 12.2. The van der Waals surface area contributed by atoms with E-state index < -0.39 is 35.8 Å². The number of esters is 1. The van der Waals surface area contributed by atoms with E-state index in [-0.39, 0.29) is 19.3 Å². The monoisotopic (exact) mass is 975 g/mol. The van der Waals surface area contributed by atoms with Crippen LogP contribution in [0.25, 0.3) is 0 Å². The minimum atomic E-state index is -2.31. The van der Waals surface area contributed by atoms with Crippen LogP contribution in [0.15, 0.2) is 0 Å². The molecule has 0 fully saturated rings. The minimum Gasteiger partial charge on any atom is -0.440 e. The third kappa shape index (κ3) is 42.9. The molecular weight excluding hydrogens is 853 g/mol. The summed E-state index contributed by atoms with van der Waals surface area (Å²) in [7, 11) is 0. The maximum Gasteiger partial charge on any atom is 0.307 e. The van der Waals surface area contributed by atoms with Gasteiger partial charge in [0.2, 0.25) is 0 Å². The molecule has 2 N–H and O–H groups in total. The first-order chi connectivity index (χ1) is 33.9. The molecule has 0 spiro atoms. The highest BCUT2D eigenvalue weighted by Crippen LogP contribution is 2.28. The Bertz CT molecular complexity index is 1020. The second-order valence-corrected chi connectivity index (χ2v) is 22.0. The fraction of sp³-hybridized carbons (Fsp3) is 0.952. The topological polar surface area (TPSA) is 101 Å². The summed E-state index contributed by atoms with van der Waals surface area (Å²) in [5.74, 6) is -1.70. The van der Waals surface area contributed by atoms with Gasteiger partial charge in [0, 0.05) is 19.3 Å². The highest BCUT2D eigenvalue weighted by molar-refractivity contribution is 6.12. The largest absolute Gasteiger partial charge is 0.440 e. The van der Waals surface area contributed by atoms with Crippen molar-refractivity contribution >= 4 is 17.5 Å². The quantitative estimate of drug-likeness (QED) is 0.0358. The van der Waals surface area contributed by atoms with E-state index in [0.29, 0.717) is 19.3 Å². The lowest BCUT2D eigenvalue weighted by molar-refractivity contribution is -0.188. The van der Waals surface area contributed by atoms with Crippen molar-refractivity contribution in [2.45, 2.75) is 379 Å². The molecule has 1 atom stereocenters. The Kier molecular flexibility index (Phi) is 53.5. The summed E-state index contributed by atoms with van der Waals surface area (Å²) < 4.78 is 5.86. The third-order valence-electron chi connectivity index (χ3n) is 15.2. The van der Waals surface area contributed by atoms with Crippen molar-refractivity contribution < 1.29 is 29.3 Å². The molecule has 69 heavy (non-hydrogen) atoms. The van der Waals surface area contributed by atoms with Crippen molar-refractivity contribution in [2.24, 2.45) is 0 Å². The molecule has 1 unspecified atom stereocenters. The van der Waals surface area contributed by atoms with Crippen molar-refractivity contribution in [2.75, 3.05) is 6.61 Å². The molecule has 0 aromatic rings. The average molecular weight is 976 g/mol. The Labute approximate surface area is 431 Å². The van der Waals surface area contributed by atoms with Crippen LogP contribution in [0.4, 0.5) is 0 Å². The van der Waals surface area contributed by atoms with Crippen LogP contribution in [0.5, 0.6) is 0 Å². The molecule has 0 saturated heterocycles. The average Bonchev–Trinajstić information content (AvgIpc) is 3.35. The molecule has 6 heteroatoms. The second-order valence-electron chi connectivity index (χ2n) is 22.0. The molecule has 0 aliphatic rings. The molecule has 410 valence electrons. The van der Waals surface area contributed by atoms with Crippen LogP contribution >= 0.6 is 0 Å². The Morgan fingerprint density at radius 2 is 0.478 bits per heavy atom. The molecule has 0 amide bonds. The van der Waals surface area contributed by atoms with Crippen molar-refractivity contribution in [1.82, 2.24) is 0 Å². The summed E-state index contributed by atoms with van der Waals surface area (Å²) in [6, 6.07) is 0. The lowest BCUT2D eigenvalue weighted by Crippen LogP contribution is -2.60. The fourth-order valence-corrected chi connectivity index (χ4v) is 10.5. The molecule has 0 aromatic carbocycles. The van der Waals surface area contributed by atoms with Gasteiger partial charge >= 0.3 is 5.97 Å². The zero-order valence-corrected chi connectivity index (χ0v) is 47.0. The number of hydrogen-bond acceptors (Lipinski definition) is 6. The van der Waals surface area contributed by atoms with Gasteiger partial charge in [-0.25, -0.2) is 0 Å². The number of rotatable bonds is 59. The fourth-order valence-electron chi connectivity index (χ4n) is 10.5. The first kappa shape index (κ1) is 67.7. The van der Waals surface area contributed by atoms with Crippen LogP contribution < -0.4 is 0 Å². The van der Waals surface area contributed by atoms with Gasteiger partial charge in [0.25, 0.3) is 5.60 Å². The Hall–Kier alpha value is -1.27. The summed E-state index contributed by atoms with van der Waals surface area (Å²) in [4.78, 5) is 41.5. The van der Waals surface area contributed by atoms with Crippen molar-refractivity contribution in [3.8, 4) is 0 Å². The van der Waals surface area contributed by atoms with Crippen molar-refractivity contribution in [1.29, 1.82) is 0 Å². The van der Waals surface area contributed by atoms with Crippen LogP contribution in [0, 0.1) is 0 Å². The standard InChI is InChI=1S/C63H122O6/c1-4-7-10-13-16-19-22-25-28-31-34-37-40-43-46-49-52-55-59(65)63(61(67)58-64,60(66)56-53-50-47-44-41-38-35-32-29-26-23-20-17-14-11-8-5-2)69-62(68)57-54-51-48-45-42-39-36-33-30-27-24-21-18-15-12-9-6-3/h61,64,67H,4-58H2,1-3H3. The number of carbonyl (C=O) groups excluding carboxylic acids is 3. The summed E-state index contributed by atoms with van der Waals surface area (Å²) in [5.41, 5.74) is -2.31. The predicted octanol–water partition coefficient (Wildman–Crippen LogP) is 19.9. The number of ether oxygens (including phenoxy) is 1. The van der Waals surface area contributed by atoms with Gasteiger partial charge in [-0.3, -0.25) is 14.4 Å². The van der Waals surface area contributed by atoms with E-state index in [2.05, 4.69) is 20.8 Å². The Morgan fingerprint density at radius 3 is 0.667 bits per heavy atom. The third-order valence-corrected chi connectivity index (χ3v) is 15.2. The maximum absolute atomic E-state index is 14.0. The smallest absolute Gasteiger partial charge is 0.307 e. The highest BCUT2D eigenvalue weighted by Gasteiger charge is 2.53. The first-order valence-corrected chi connectivity index (χ1v) is 31.5. The second kappa shape index (κ2) is 54.5. The first-order valence-electron chi connectivity index (χ1n) is 31.5. The Morgan fingerprint density at radius 1 is 0.304 bits per heavy atom. The minimum absolute atomic E-state index is 0.0624. The molecule has 6 nitrogen and oxygen atoms in total. The van der Waals surface area contributed by atoms with Crippen LogP contribution in [-0.4, -0.2) is 46.1 Å². The van der Waals surface area contributed by atoms with Gasteiger partial charge < -0.3 is 14.9 Å². The molecule has 0 aromatic heterocycles. The van der Waals surface area contributed by atoms with Crippen LogP contribution in [0.3, 0.4) is 0 Å². The van der Waals surface area contributed by atoms with E-state index in [4.69, 9.17) is 4.74 Å². The van der Waals surface area contributed by atoms with E-state index >= 15 is 0 Å². The molecule has 0 saturated carbocycles. The maximum atomic E-state index is 14.0. The Balaban J connectivity index is 4.77. The summed E-state index contributed by atoms with van der Waals surface area (Å²) >= 11 is 0. The van der Waals surface area contributed by atoms with E-state index in [9.17, 15) is 24.6 Å². The number of ketones is 2. The van der Waals surface area contributed by atoms with Gasteiger partial charge in [0.1, 0.15) is 6.10 Å². The van der Waals surface area contributed by atoms with E-state index in [1.807, 2.05) is 0 Å². The van der Waals surface area contributed by atoms with Gasteiger partial charge in [-0.05, 0) is 19.3 Å². The van der Waals surface area contributed by atoms with Crippen molar-refractivity contribution in [3.05, 3.63) is 0 Å². The molecule has 0 bridgehead atoms. The van der Waals surface area contributed by atoms with Gasteiger partial charge in [0.15, 0.2) is 11.6 Å². The number of aliphatic hydroxyl groups is 2. The lowest BCUT2D eigenvalue weighted by Gasteiger charge is -2.34. The van der Waals surface area contributed by atoms with Gasteiger partial charge in [0.05, 0.1) is 6.61 Å². The van der Waals surface area contributed by atoms with Gasteiger partial charge in [-0.15, -0.1) is 0 Å². The lowest BCUT2D eigenvalue weighted by atomic mass is 9.82. The summed E-state index contributed by atoms with van der Waals surface area (Å²) in [5, 5.41) is 21.4. The zero-order chi connectivity index (χ0) is 50.4. The summed E-state index contributed by atoms with van der Waals surface area (Å²) in [6.07, 6.45) is 61.8.